The highest BCUT2D eigenvalue weighted by Crippen LogP contribution is 2.27. The van der Waals surface area contributed by atoms with Crippen LogP contribution in [0, 0.1) is 5.92 Å². The van der Waals surface area contributed by atoms with E-state index in [-0.39, 0.29) is 5.91 Å². The van der Waals surface area contributed by atoms with Gasteiger partial charge in [-0.25, -0.2) is 0 Å². The second-order valence-electron chi connectivity index (χ2n) is 5.44. The lowest BCUT2D eigenvalue weighted by Gasteiger charge is -2.17. The Bertz CT molecular complexity index is 464. The molecule has 0 fully saturated rings. The molecule has 21 heavy (non-hydrogen) atoms. The Balaban J connectivity index is 2.59. The molecule has 0 bridgehead atoms. The van der Waals surface area contributed by atoms with Crippen LogP contribution in [-0.4, -0.2) is 25.1 Å². The van der Waals surface area contributed by atoms with Gasteiger partial charge in [0.05, 0.1) is 4.47 Å². The average Bonchev–Trinajstić information content (AvgIpc) is 2.44. The molecule has 5 heteroatoms. The van der Waals surface area contributed by atoms with Gasteiger partial charge in [-0.2, -0.15) is 0 Å². The van der Waals surface area contributed by atoms with Crippen molar-refractivity contribution in [1.82, 2.24) is 10.6 Å². The number of hydrogen-bond donors (Lipinski definition) is 2. The van der Waals surface area contributed by atoms with Crippen LogP contribution in [0.4, 0.5) is 0 Å². The second kappa shape index (κ2) is 9.05. The van der Waals surface area contributed by atoms with Gasteiger partial charge in [-0.1, -0.05) is 26.8 Å². The highest BCUT2D eigenvalue weighted by molar-refractivity contribution is 9.10. The summed E-state index contributed by atoms with van der Waals surface area (Å²) in [6.07, 6.45) is -0.514. The van der Waals surface area contributed by atoms with E-state index in [1.165, 1.54) is 5.56 Å². The fourth-order valence-electron chi connectivity index (χ4n) is 1.71. The maximum absolute atomic E-state index is 11.9. The molecule has 0 saturated heterocycles. The average molecular weight is 357 g/mol. The van der Waals surface area contributed by atoms with Crippen molar-refractivity contribution in [2.45, 2.75) is 40.3 Å². The number of hydrogen-bond acceptors (Lipinski definition) is 3. The first-order valence-electron chi connectivity index (χ1n) is 7.37. The quantitative estimate of drug-likeness (QED) is 0.752. The number of halogens is 1. The first kappa shape index (κ1) is 18.0. The van der Waals surface area contributed by atoms with Crippen LogP contribution in [0.2, 0.25) is 0 Å². The van der Waals surface area contributed by atoms with Crippen molar-refractivity contribution in [3.8, 4) is 5.75 Å². The number of amides is 1. The van der Waals surface area contributed by atoms with Gasteiger partial charge in [0.25, 0.3) is 5.91 Å². The van der Waals surface area contributed by atoms with Crippen molar-refractivity contribution in [2.24, 2.45) is 5.92 Å². The Labute approximate surface area is 135 Å². The summed E-state index contributed by atoms with van der Waals surface area (Å²) in [7, 11) is 0. The molecule has 0 aliphatic rings. The lowest BCUT2D eigenvalue weighted by molar-refractivity contribution is -0.127. The number of ether oxygens (including phenoxy) is 1. The van der Waals surface area contributed by atoms with Gasteiger partial charge in [0.15, 0.2) is 6.10 Å². The van der Waals surface area contributed by atoms with E-state index in [0.29, 0.717) is 18.2 Å². The molecule has 0 saturated carbocycles. The molecule has 1 unspecified atom stereocenters. The van der Waals surface area contributed by atoms with Crippen molar-refractivity contribution >= 4 is 21.8 Å². The zero-order chi connectivity index (χ0) is 15.8. The predicted molar refractivity (Wildman–Crippen MR) is 89.5 cm³/mol. The molecule has 118 valence electrons. The Hall–Kier alpha value is -1.07. The second-order valence-corrected chi connectivity index (χ2v) is 6.30. The van der Waals surface area contributed by atoms with Gasteiger partial charge in [-0.3, -0.25) is 4.79 Å². The third kappa shape index (κ3) is 6.48. The van der Waals surface area contributed by atoms with Gasteiger partial charge in [-0.05, 0) is 53.0 Å². The fraction of sp³-hybridized carbons (Fsp3) is 0.562. The van der Waals surface area contributed by atoms with Gasteiger partial charge >= 0.3 is 0 Å². The van der Waals surface area contributed by atoms with Crippen molar-refractivity contribution < 1.29 is 9.53 Å². The Morgan fingerprint density at radius 2 is 2.05 bits per heavy atom. The first-order valence-corrected chi connectivity index (χ1v) is 8.16. The van der Waals surface area contributed by atoms with E-state index in [9.17, 15) is 4.79 Å². The molecule has 4 nitrogen and oxygen atoms in total. The molecule has 0 radical (unpaired) electrons. The van der Waals surface area contributed by atoms with Crippen molar-refractivity contribution in [3.63, 3.8) is 0 Å². The predicted octanol–water partition coefficient (Wildman–Crippen LogP) is 3.10. The van der Waals surface area contributed by atoms with Crippen LogP contribution in [-0.2, 0) is 11.3 Å². The van der Waals surface area contributed by atoms with Gasteiger partial charge in [0, 0.05) is 13.1 Å². The van der Waals surface area contributed by atoms with E-state index in [4.69, 9.17) is 4.74 Å². The standard InChI is InChI=1S/C16H25BrN2O2/c1-5-18-10-13-6-7-15(14(17)8-13)21-12(4)16(20)19-9-11(2)3/h6-8,11-12,18H,5,9-10H2,1-4H3,(H,19,20). The van der Waals surface area contributed by atoms with Gasteiger partial charge < -0.3 is 15.4 Å². The summed E-state index contributed by atoms with van der Waals surface area (Å²) in [6.45, 7) is 10.4. The molecule has 0 aromatic heterocycles. The minimum absolute atomic E-state index is 0.0904. The highest BCUT2D eigenvalue weighted by Gasteiger charge is 2.16. The summed E-state index contributed by atoms with van der Waals surface area (Å²) >= 11 is 3.49. The molecule has 1 amide bonds. The maximum atomic E-state index is 11.9. The zero-order valence-corrected chi connectivity index (χ0v) is 14.8. The molecule has 0 heterocycles. The smallest absolute Gasteiger partial charge is 0.260 e. The van der Waals surface area contributed by atoms with Crippen LogP contribution < -0.4 is 15.4 Å². The Morgan fingerprint density at radius 3 is 2.62 bits per heavy atom. The van der Waals surface area contributed by atoms with E-state index in [1.54, 1.807) is 6.92 Å². The molecule has 1 aromatic rings. The molecule has 0 aliphatic carbocycles. The largest absolute Gasteiger partial charge is 0.480 e. The Kier molecular flexibility index (Phi) is 7.75. The van der Waals surface area contributed by atoms with E-state index in [0.717, 1.165) is 17.6 Å². The van der Waals surface area contributed by atoms with Crippen LogP contribution in [0.3, 0.4) is 0 Å². The summed E-state index contributed by atoms with van der Waals surface area (Å²) in [4.78, 5) is 11.9. The minimum Gasteiger partial charge on any atom is -0.480 e. The van der Waals surface area contributed by atoms with E-state index in [1.807, 2.05) is 18.2 Å². The normalized spacial score (nSPS) is 12.3. The molecule has 1 atom stereocenters. The third-order valence-corrected chi connectivity index (χ3v) is 3.55. The van der Waals surface area contributed by atoms with E-state index < -0.39 is 6.10 Å². The maximum Gasteiger partial charge on any atom is 0.260 e. The van der Waals surface area contributed by atoms with Crippen LogP contribution in [0.5, 0.6) is 5.75 Å². The Morgan fingerprint density at radius 1 is 1.33 bits per heavy atom. The summed E-state index contributed by atoms with van der Waals surface area (Å²) in [6, 6.07) is 5.90. The SMILES string of the molecule is CCNCc1ccc(OC(C)C(=O)NCC(C)C)c(Br)c1. The number of nitrogens with one attached hydrogen (secondary N) is 2. The molecule has 0 spiro atoms. The van der Waals surface area contributed by atoms with Gasteiger partial charge in [-0.15, -0.1) is 0 Å². The van der Waals surface area contributed by atoms with Crippen LogP contribution in [0.15, 0.2) is 22.7 Å². The lowest BCUT2D eigenvalue weighted by Crippen LogP contribution is -2.38. The number of rotatable bonds is 8. The van der Waals surface area contributed by atoms with Gasteiger partial charge in [0.1, 0.15) is 5.75 Å². The molecule has 0 aliphatic heterocycles. The topological polar surface area (TPSA) is 50.4 Å². The monoisotopic (exact) mass is 356 g/mol. The van der Waals surface area contributed by atoms with Crippen LogP contribution >= 0.6 is 15.9 Å². The van der Waals surface area contributed by atoms with Crippen LogP contribution in [0.1, 0.15) is 33.3 Å². The molecule has 1 aromatic carbocycles. The van der Waals surface area contributed by atoms with Crippen molar-refractivity contribution in [3.05, 3.63) is 28.2 Å². The number of benzene rings is 1. The summed E-state index contributed by atoms with van der Waals surface area (Å²) in [5.74, 6) is 1.02. The molecular formula is C16H25BrN2O2. The highest BCUT2D eigenvalue weighted by atomic mass is 79.9. The molecular weight excluding hydrogens is 332 g/mol. The summed E-state index contributed by atoms with van der Waals surface area (Å²) < 4.78 is 6.58. The van der Waals surface area contributed by atoms with E-state index >= 15 is 0 Å². The summed E-state index contributed by atoms with van der Waals surface area (Å²) in [5, 5.41) is 6.14. The first-order chi connectivity index (χ1) is 9.93. The number of carbonyl (C=O) groups excluding carboxylic acids is 1. The third-order valence-electron chi connectivity index (χ3n) is 2.93. The summed E-state index contributed by atoms with van der Waals surface area (Å²) in [5.41, 5.74) is 1.17. The molecule has 1 rings (SSSR count). The van der Waals surface area contributed by atoms with Gasteiger partial charge in [0.2, 0.25) is 0 Å². The zero-order valence-electron chi connectivity index (χ0n) is 13.2. The van der Waals surface area contributed by atoms with Crippen molar-refractivity contribution in [2.75, 3.05) is 13.1 Å². The fourth-order valence-corrected chi connectivity index (χ4v) is 2.23. The molecule has 2 N–H and O–H groups in total. The van der Waals surface area contributed by atoms with E-state index in [2.05, 4.69) is 47.3 Å². The number of carbonyl (C=O) groups is 1. The lowest BCUT2D eigenvalue weighted by atomic mass is 10.2. The minimum atomic E-state index is -0.514. The van der Waals surface area contributed by atoms with Crippen molar-refractivity contribution in [1.29, 1.82) is 0 Å². The van der Waals surface area contributed by atoms with Crippen LogP contribution in [0.25, 0.3) is 0 Å².